The van der Waals surface area contributed by atoms with Crippen molar-refractivity contribution >= 4 is 0 Å². The molecule has 70 valence electrons. The molecule has 0 amide bonds. The van der Waals surface area contributed by atoms with E-state index in [1.54, 1.807) is 19.2 Å². The molecule has 0 aliphatic heterocycles. The number of nitrogens with one attached hydrogen (secondary N) is 1. The summed E-state index contributed by atoms with van der Waals surface area (Å²) in [5.41, 5.74) is 0.997. The summed E-state index contributed by atoms with van der Waals surface area (Å²) in [6, 6.07) is 1.88. The molecule has 0 aromatic heterocycles. The maximum absolute atomic E-state index is 12.4. The second-order valence-electron chi connectivity index (χ2n) is 2.52. The zero-order valence-corrected chi connectivity index (χ0v) is 7.84. The van der Waals surface area contributed by atoms with E-state index < -0.39 is 6.17 Å². The Balaban J connectivity index is 4.45. The van der Waals surface area contributed by atoms with E-state index in [9.17, 15) is 4.39 Å². The molecule has 0 aromatic carbocycles. The van der Waals surface area contributed by atoms with Gasteiger partial charge in [0.25, 0.3) is 0 Å². The third-order valence-electron chi connectivity index (χ3n) is 1.30. The molecule has 0 heterocycles. The number of allylic oxidation sites excluding steroid dienone is 4. The highest BCUT2D eigenvalue weighted by Gasteiger charge is 1.92. The van der Waals surface area contributed by atoms with Crippen molar-refractivity contribution in [3.05, 3.63) is 36.1 Å². The average molecular weight is 180 g/mol. The third-order valence-corrected chi connectivity index (χ3v) is 1.30. The maximum atomic E-state index is 12.4. The fourth-order valence-electron chi connectivity index (χ4n) is 0.660. The Morgan fingerprint density at radius 2 is 2.31 bits per heavy atom. The molecule has 0 aromatic rings. The van der Waals surface area contributed by atoms with E-state index in [4.69, 9.17) is 5.26 Å². The van der Waals surface area contributed by atoms with Gasteiger partial charge in [0, 0.05) is 18.3 Å². The van der Waals surface area contributed by atoms with E-state index in [0.29, 0.717) is 11.3 Å². The first-order chi connectivity index (χ1) is 6.10. The molecule has 0 aliphatic carbocycles. The van der Waals surface area contributed by atoms with Crippen LogP contribution in [0.5, 0.6) is 0 Å². The van der Waals surface area contributed by atoms with Crippen molar-refractivity contribution in [1.82, 2.24) is 5.32 Å². The molecule has 0 aliphatic rings. The van der Waals surface area contributed by atoms with Gasteiger partial charge < -0.3 is 5.32 Å². The van der Waals surface area contributed by atoms with Crippen LogP contribution in [0.4, 0.5) is 4.39 Å². The van der Waals surface area contributed by atoms with Crippen molar-refractivity contribution in [2.45, 2.75) is 13.1 Å². The first-order valence-corrected chi connectivity index (χ1v) is 3.91. The lowest BCUT2D eigenvalue weighted by atomic mass is 10.2. The molecular weight excluding hydrogens is 167 g/mol. The zero-order valence-electron chi connectivity index (χ0n) is 7.84. The van der Waals surface area contributed by atoms with Gasteiger partial charge in [0.15, 0.2) is 0 Å². The van der Waals surface area contributed by atoms with Crippen LogP contribution in [0.3, 0.4) is 0 Å². The Bertz CT molecular complexity index is 269. The molecule has 0 spiro atoms. The molecule has 1 atom stereocenters. The van der Waals surface area contributed by atoms with Gasteiger partial charge in [-0.2, -0.15) is 5.26 Å². The van der Waals surface area contributed by atoms with Gasteiger partial charge in [-0.15, -0.1) is 0 Å². The van der Waals surface area contributed by atoms with Crippen molar-refractivity contribution in [3.8, 4) is 6.07 Å². The summed E-state index contributed by atoms with van der Waals surface area (Å²) < 4.78 is 12.4. The predicted molar refractivity (Wildman–Crippen MR) is 51.6 cm³/mol. The van der Waals surface area contributed by atoms with Gasteiger partial charge in [-0.3, -0.25) is 0 Å². The summed E-state index contributed by atoms with van der Waals surface area (Å²) in [6.45, 7) is 4.92. The number of nitriles is 1. The van der Waals surface area contributed by atoms with Gasteiger partial charge in [0.2, 0.25) is 0 Å². The van der Waals surface area contributed by atoms with E-state index >= 15 is 0 Å². The molecule has 1 N–H and O–H groups in total. The number of halogens is 1. The molecule has 0 saturated carbocycles. The van der Waals surface area contributed by atoms with Gasteiger partial charge in [0.1, 0.15) is 6.17 Å². The smallest absolute Gasteiger partial charge is 0.116 e. The number of hydrogen-bond donors (Lipinski definition) is 1. The first-order valence-electron chi connectivity index (χ1n) is 3.91. The Labute approximate surface area is 78.1 Å². The van der Waals surface area contributed by atoms with Gasteiger partial charge in [0.05, 0.1) is 6.07 Å². The second-order valence-corrected chi connectivity index (χ2v) is 2.52. The molecule has 2 nitrogen and oxygen atoms in total. The number of nitrogens with zero attached hydrogens (tertiary/aromatic N) is 1. The molecular formula is C10H13FN2. The Hall–Kier alpha value is -1.56. The normalized spacial score (nSPS) is 13.8. The van der Waals surface area contributed by atoms with E-state index in [-0.39, 0.29) is 0 Å². The average Bonchev–Trinajstić information content (AvgIpc) is 2.11. The largest absolute Gasteiger partial charge is 0.388 e. The molecule has 0 fully saturated rings. The van der Waals surface area contributed by atoms with Crippen LogP contribution in [0.15, 0.2) is 36.1 Å². The number of alkyl halides is 1. The summed E-state index contributed by atoms with van der Waals surface area (Å²) in [5, 5.41) is 11.3. The topological polar surface area (TPSA) is 35.8 Å². The van der Waals surface area contributed by atoms with Gasteiger partial charge in [-0.05, 0) is 25.2 Å². The molecule has 13 heavy (non-hydrogen) atoms. The molecule has 0 rings (SSSR count). The highest BCUT2D eigenvalue weighted by Crippen LogP contribution is 2.00. The predicted octanol–water partition coefficient (Wildman–Crippen LogP) is 2.08. The molecule has 0 radical (unpaired) electrons. The van der Waals surface area contributed by atoms with Crippen molar-refractivity contribution in [3.63, 3.8) is 0 Å². The van der Waals surface area contributed by atoms with Crippen LogP contribution in [0.2, 0.25) is 0 Å². The van der Waals surface area contributed by atoms with Gasteiger partial charge in [-0.1, -0.05) is 6.58 Å². The second kappa shape index (κ2) is 6.01. The lowest BCUT2D eigenvalue weighted by molar-refractivity contribution is 0.430. The standard InChI is InChI=1S/C10H13FN2/c1-8(7-12)6-10(13-3)5-4-9(2)11/h4-6,9,13H,1H2,2-3H3/b5-4-,10-6+. The lowest BCUT2D eigenvalue weighted by Crippen LogP contribution is -2.03. The van der Waals surface area contributed by atoms with Gasteiger partial charge in [-0.25, -0.2) is 4.39 Å². The van der Waals surface area contributed by atoms with Crippen molar-refractivity contribution in [2.24, 2.45) is 0 Å². The van der Waals surface area contributed by atoms with E-state index in [0.717, 1.165) is 0 Å². The summed E-state index contributed by atoms with van der Waals surface area (Å²) in [7, 11) is 1.70. The molecule has 0 bridgehead atoms. The third kappa shape index (κ3) is 5.68. The summed E-state index contributed by atoms with van der Waals surface area (Å²) in [6.07, 6.45) is 3.53. The SMILES string of the molecule is C=C(C#N)/C=C(\C=C/C(C)F)NC. The fraction of sp³-hybridized carbons (Fsp3) is 0.300. The highest BCUT2D eigenvalue weighted by atomic mass is 19.1. The van der Waals surface area contributed by atoms with Crippen molar-refractivity contribution < 1.29 is 4.39 Å². The minimum atomic E-state index is -0.993. The zero-order chi connectivity index (χ0) is 10.3. The minimum Gasteiger partial charge on any atom is -0.388 e. The Morgan fingerprint density at radius 3 is 2.69 bits per heavy atom. The highest BCUT2D eigenvalue weighted by molar-refractivity contribution is 5.35. The maximum Gasteiger partial charge on any atom is 0.116 e. The van der Waals surface area contributed by atoms with Crippen LogP contribution in [-0.4, -0.2) is 13.2 Å². The van der Waals surface area contributed by atoms with Crippen LogP contribution in [0.25, 0.3) is 0 Å². The van der Waals surface area contributed by atoms with Crippen molar-refractivity contribution in [2.75, 3.05) is 7.05 Å². The quantitative estimate of drug-likeness (QED) is 0.531. The summed E-state index contributed by atoms with van der Waals surface area (Å²) >= 11 is 0. The lowest BCUT2D eigenvalue weighted by Gasteiger charge is -1.99. The number of hydrogen-bond acceptors (Lipinski definition) is 2. The summed E-state index contributed by atoms with van der Waals surface area (Å²) in [5.74, 6) is 0. The van der Waals surface area contributed by atoms with Gasteiger partial charge >= 0.3 is 0 Å². The van der Waals surface area contributed by atoms with Crippen LogP contribution in [-0.2, 0) is 0 Å². The minimum absolute atomic E-state index is 0.334. The monoisotopic (exact) mass is 180 g/mol. The van der Waals surface area contributed by atoms with E-state index in [1.165, 1.54) is 13.0 Å². The molecule has 0 saturated heterocycles. The van der Waals surface area contributed by atoms with Crippen molar-refractivity contribution in [1.29, 1.82) is 5.26 Å². The first kappa shape index (κ1) is 11.4. The van der Waals surface area contributed by atoms with Crippen LogP contribution < -0.4 is 5.32 Å². The Kier molecular flexibility index (Phi) is 5.29. The van der Waals surface area contributed by atoms with Crippen LogP contribution in [0, 0.1) is 11.3 Å². The summed E-state index contributed by atoms with van der Waals surface area (Å²) in [4.78, 5) is 0. The molecule has 3 heteroatoms. The Morgan fingerprint density at radius 1 is 1.69 bits per heavy atom. The number of likely N-dealkylation sites (N-methyl/N-ethyl adjacent to an activating group) is 1. The number of rotatable bonds is 4. The van der Waals surface area contributed by atoms with E-state index in [2.05, 4.69) is 11.9 Å². The molecule has 1 unspecified atom stereocenters. The van der Waals surface area contributed by atoms with Crippen LogP contribution in [0.1, 0.15) is 6.92 Å². The fourth-order valence-corrected chi connectivity index (χ4v) is 0.660. The van der Waals surface area contributed by atoms with Crippen LogP contribution >= 0.6 is 0 Å². The van der Waals surface area contributed by atoms with E-state index in [1.807, 2.05) is 6.07 Å².